The standard InChI is InChI=1S/C59H108O5/c1-4-7-10-13-16-19-22-25-28-30-32-34-37-40-43-46-49-52-58(60)63-56-57(55-62-54-51-48-45-42-39-36-33-29-26-23-20-17-14-11-8-5-2)64-59(61)53-50-47-44-41-38-35-31-27-24-21-18-15-12-9-6-3/h16-17,19-20,25-26,28-29,57H,4-15,18,21-24,27,30-56H2,1-3H3/b19-16-,20-17-,28-25-,29-26-. The van der Waals surface area contributed by atoms with Crippen molar-refractivity contribution in [2.75, 3.05) is 19.8 Å². The van der Waals surface area contributed by atoms with Crippen molar-refractivity contribution in [1.82, 2.24) is 0 Å². The molecule has 0 spiro atoms. The van der Waals surface area contributed by atoms with Gasteiger partial charge in [-0.25, -0.2) is 0 Å². The molecule has 0 fully saturated rings. The van der Waals surface area contributed by atoms with Crippen LogP contribution in [0.5, 0.6) is 0 Å². The minimum atomic E-state index is -0.542. The van der Waals surface area contributed by atoms with E-state index < -0.39 is 6.10 Å². The molecular weight excluding hydrogens is 789 g/mol. The topological polar surface area (TPSA) is 61.8 Å². The van der Waals surface area contributed by atoms with Crippen LogP contribution in [0.3, 0.4) is 0 Å². The number of rotatable bonds is 52. The van der Waals surface area contributed by atoms with Crippen molar-refractivity contribution in [3.63, 3.8) is 0 Å². The van der Waals surface area contributed by atoms with Crippen molar-refractivity contribution < 1.29 is 23.8 Å². The summed E-state index contributed by atoms with van der Waals surface area (Å²) in [5, 5.41) is 0. The van der Waals surface area contributed by atoms with Crippen LogP contribution in [0.1, 0.15) is 290 Å². The summed E-state index contributed by atoms with van der Waals surface area (Å²) in [6.45, 7) is 7.79. The molecule has 0 aliphatic heterocycles. The van der Waals surface area contributed by atoms with E-state index >= 15 is 0 Å². The Morgan fingerprint density at radius 3 is 1.06 bits per heavy atom. The molecule has 0 aliphatic carbocycles. The van der Waals surface area contributed by atoms with Gasteiger partial charge in [0.1, 0.15) is 6.61 Å². The molecule has 1 atom stereocenters. The Hall–Kier alpha value is -2.14. The molecule has 1 unspecified atom stereocenters. The van der Waals surface area contributed by atoms with Crippen LogP contribution in [0.15, 0.2) is 48.6 Å². The van der Waals surface area contributed by atoms with Crippen molar-refractivity contribution in [3.05, 3.63) is 48.6 Å². The number of esters is 2. The molecule has 0 amide bonds. The minimum absolute atomic E-state index is 0.0802. The fourth-order valence-electron chi connectivity index (χ4n) is 8.10. The van der Waals surface area contributed by atoms with Crippen LogP contribution in [0.25, 0.3) is 0 Å². The first kappa shape index (κ1) is 61.9. The maximum Gasteiger partial charge on any atom is 0.306 e. The molecule has 5 heteroatoms. The monoisotopic (exact) mass is 897 g/mol. The van der Waals surface area contributed by atoms with E-state index in [0.29, 0.717) is 19.4 Å². The fourth-order valence-corrected chi connectivity index (χ4v) is 8.10. The number of hydrogen-bond donors (Lipinski definition) is 0. The Bertz CT molecular complexity index is 1060. The van der Waals surface area contributed by atoms with Crippen LogP contribution in [-0.4, -0.2) is 37.9 Å². The number of carbonyl (C=O) groups is 2. The molecule has 0 aromatic carbocycles. The van der Waals surface area contributed by atoms with Crippen molar-refractivity contribution >= 4 is 11.9 Å². The van der Waals surface area contributed by atoms with Crippen LogP contribution in [0.2, 0.25) is 0 Å². The molecule has 0 aromatic rings. The van der Waals surface area contributed by atoms with Crippen molar-refractivity contribution in [1.29, 1.82) is 0 Å². The maximum absolute atomic E-state index is 12.8. The summed E-state index contributed by atoms with van der Waals surface area (Å²) >= 11 is 0. The number of hydrogen-bond acceptors (Lipinski definition) is 5. The van der Waals surface area contributed by atoms with Gasteiger partial charge >= 0.3 is 11.9 Å². The minimum Gasteiger partial charge on any atom is -0.462 e. The Morgan fingerprint density at radius 2 is 0.656 bits per heavy atom. The third kappa shape index (κ3) is 52.5. The molecule has 0 N–H and O–H groups in total. The second-order valence-electron chi connectivity index (χ2n) is 18.8. The van der Waals surface area contributed by atoms with Crippen molar-refractivity contribution in [2.45, 2.75) is 297 Å². The zero-order chi connectivity index (χ0) is 46.3. The third-order valence-corrected chi connectivity index (χ3v) is 12.3. The van der Waals surface area contributed by atoms with Gasteiger partial charge in [-0.1, -0.05) is 243 Å². The van der Waals surface area contributed by atoms with Crippen molar-refractivity contribution in [3.8, 4) is 0 Å². The van der Waals surface area contributed by atoms with Gasteiger partial charge in [0.25, 0.3) is 0 Å². The molecular formula is C59H108O5. The molecule has 0 saturated carbocycles. The molecule has 0 bridgehead atoms. The molecule has 0 radical (unpaired) electrons. The largest absolute Gasteiger partial charge is 0.462 e. The predicted molar refractivity (Wildman–Crippen MR) is 279 cm³/mol. The van der Waals surface area contributed by atoms with Gasteiger partial charge in [-0.3, -0.25) is 9.59 Å². The van der Waals surface area contributed by atoms with Gasteiger partial charge in [-0.05, 0) is 83.5 Å². The highest BCUT2D eigenvalue weighted by molar-refractivity contribution is 5.70. The van der Waals surface area contributed by atoms with Gasteiger partial charge in [-0.2, -0.15) is 0 Å². The van der Waals surface area contributed by atoms with E-state index in [1.54, 1.807) is 0 Å². The molecule has 64 heavy (non-hydrogen) atoms. The van der Waals surface area contributed by atoms with Gasteiger partial charge < -0.3 is 14.2 Å². The summed E-state index contributed by atoms with van der Waals surface area (Å²) in [5.74, 6) is -0.398. The smallest absolute Gasteiger partial charge is 0.306 e. The van der Waals surface area contributed by atoms with Gasteiger partial charge in [0.15, 0.2) is 6.10 Å². The fraction of sp³-hybridized carbons (Fsp3) is 0.831. The van der Waals surface area contributed by atoms with E-state index in [4.69, 9.17) is 14.2 Å². The molecule has 0 heterocycles. The first-order valence-electron chi connectivity index (χ1n) is 28.2. The lowest BCUT2D eigenvalue weighted by Crippen LogP contribution is -2.30. The maximum atomic E-state index is 12.8. The predicted octanol–water partition coefficient (Wildman–Crippen LogP) is 19.1. The van der Waals surface area contributed by atoms with E-state index in [9.17, 15) is 9.59 Å². The Kier molecular flexibility index (Phi) is 53.3. The highest BCUT2D eigenvalue weighted by atomic mass is 16.6. The zero-order valence-electron chi connectivity index (χ0n) is 43.1. The summed E-state index contributed by atoms with van der Waals surface area (Å²) in [4.78, 5) is 25.5. The summed E-state index contributed by atoms with van der Waals surface area (Å²) in [5.41, 5.74) is 0. The average Bonchev–Trinajstić information content (AvgIpc) is 3.30. The van der Waals surface area contributed by atoms with Crippen LogP contribution in [0, 0.1) is 0 Å². The van der Waals surface area contributed by atoms with Crippen LogP contribution in [-0.2, 0) is 23.8 Å². The van der Waals surface area contributed by atoms with Gasteiger partial charge in [0.05, 0.1) is 6.61 Å². The highest BCUT2D eigenvalue weighted by Gasteiger charge is 2.17. The number of carbonyl (C=O) groups excluding carboxylic acids is 2. The lowest BCUT2D eigenvalue weighted by Gasteiger charge is -2.18. The van der Waals surface area contributed by atoms with E-state index in [2.05, 4.69) is 69.4 Å². The quantitative estimate of drug-likeness (QED) is 0.0346. The normalized spacial score (nSPS) is 12.5. The van der Waals surface area contributed by atoms with Crippen LogP contribution < -0.4 is 0 Å². The molecule has 0 aromatic heterocycles. The third-order valence-electron chi connectivity index (χ3n) is 12.3. The second kappa shape index (κ2) is 55.2. The average molecular weight is 898 g/mol. The molecule has 0 aliphatic rings. The number of allylic oxidation sites excluding steroid dienone is 8. The summed E-state index contributed by atoms with van der Waals surface area (Å²) in [7, 11) is 0. The van der Waals surface area contributed by atoms with Crippen molar-refractivity contribution in [2.24, 2.45) is 0 Å². The second-order valence-corrected chi connectivity index (χ2v) is 18.8. The number of unbranched alkanes of at least 4 members (excludes halogenated alkanes) is 33. The Balaban J connectivity index is 4.27. The number of ether oxygens (including phenoxy) is 3. The van der Waals surface area contributed by atoms with Gasteiger partial charge in [0, 0.05) is 19.4 Å². The lowest BCUT2D eigenvalue weighted by molar-refractivity contribution is -0.163. The summed E-state index contributed by atoms with van der Waals surface area (Å²) < 4.78 is 17.5. The van der Waals surface area contributed by atoms with E-state index in [-0.39, 0.29) is 25.2 Å². The Labute approximate surface area is 399 Å². The Morgan fingerprint density at radius 1 is 0.344 bits per heavy atom. The summed E-state index contributed by atoms with van der Waals surface area (Å²) in [6, 6.07) is 0. The summed E-state index contributed by atoms with van der Waals surface area (Å²) in [6.07, 6.45) is 68.3. The molecule has 0 rings (SSSR count). The van der Waals surface area contributed by atoms with Gasteiger partial charge in [-0.15, -0.1) is 0 Å². The van der Waals surface area contributed by atoms with Gasteiger partial charge in [0.2, 0.25) is 0 Å². The zero-order valence-corrected chi connectivity index (χ0v) is 43.1. The lowest BCUT2D eigenvalue weighted by atomic mass is 10.0. The molecule has 374 valence electrons. The van der Waals surface area contributed by atoms with E-state index in [1.807, 2.05) is 0 Å². The molecule has 0 saturated heterocycles. The first-order valence-corrected chi connectivity index (χ1v) is 28.2. The van der Waals surface area contributed by atoms with E-state index in [0.717, 1.165) is 57.8 Å². The SMILES string of the molecule is CCCCC/C=C\C/C=C\CCCCCCCCCC(=O)OCC(COCCCCCCCC/C=C\C/C=C\CCCCC)OC(=O)CCCCCCCCCCCCCCCCC. The first-order chi connectivity index (χ1) is 31.6. The van der Waals surface area contributed by atoms with Crippen LogP contribution in [0.4, 0.5) is 0 Å². The van der Waals surface area contributed by atoms with E-state index in [1.165, 1.54) is 199 Å². The highest BCUT2D eigenvalue weighted by Crippen LogP contribution is 2.16. The molecule has 5 nitrogen and oxygen atoms in total. The van der Waals surface area contributed by atoms with Crippen LogP contribution >= 0.6 is 0 Å².